The third-order valence-corrected chi connectivity index (χ3v) is 8.19. The standard InChI is InChI=1S/C34H31.3ClH.Ti/c1-25-10-7-15-30(20-25)34(31-16-8-11-26(2)21-31,32-17-9-12-27(3)22-32)33-19-18-29(24-33)23-28-13-5-4-6-14-28;;;;/h4-18,20-22H,19,23H2,1-3H3;3*1H;/q;;;;+3/p-3. The van der Waals surface area contributed by atoms with Gasteiger partial charge in [0.15, 0.2) is 0 Å². The molecule has 0 fully saturated rings. The SMILES string of the molecule is Cc1cccc(C(C2=[C]([Ti+3])C(Cc3ccccc3)=CC2)(c2cccc(C)c2)c2cccc(C)c2)c1.[Cl-].[Cl-].[Cl-]. The molecule has 0 heterocycles. The van der Waals surface area contributed by atoms with Crippen LogP contribution in [0.1, 0.15) is 45.4 Å². The second-order valence-electron chi connectivity index (χ2n) is 9.81. The van der Waals surface area contributed by atoms with Crippen LogP contribution in [0.4, 0.5) is 0 Å². The van der Waals surface area contributed by atoms with Crippen LogP contribution in [-0.2, 0) is 32.3 Å². The molecule has 0 N–H and O–H groups in total. The number of benzene rings is 4. The first-order chi connectivity index (χ1) is 17.0. The van der Waals surface area contributed by atoms with Crippen LogP contribution in [-0.4, -0.2) is 0 Å². The first-order valence-corrected chi connectivity index (χ1v) is 13.2. The van der Waals surface area contributed by atoms with Crippen molar-refractivity contribution in [1.82, 2.24) is 0 Å². The summed E-state index contributed by atoms with van der Waals surface area (Å²) in [5, 5.41) is 0. The van der Waals surface area contributed by atoms with E-state index in [0.717, 1.165) is 12.8 Å². The summed E-state index contributed by atoms with van der Waals surface area (Å²) >= 11 is 2.34. The molecule has 0 bridgehead atoms. The van der Waals surface area contributed by atoms with E-state index >= 15 is 0 Å². The molecule has 5 rings (SSSR count). The predicted octanol–water partition coefficient (Wildman–Crippen LogP) is -0.668. The average molecular weight is 594 g/mol. The van der Waals surface area contributed by atoms with E-state index in [0.29, 0.717) is 0 Å². The molecule has 0 aliphatic heterocycles. The summed E-state index contributed by atoms with van der Waals surface area (Å²) < 4.78 is 1.43. The molecule has 0 spiro atoms. The van der Waals surface area contributed by atoms with Crippen LogP contribution in [0.5, 0.6) is 0 Å². The first-order valence-electron chi connectivity index (χ1n) is 12.4. The van der Waals surface area contributed by atoms with Crippen molar-refractivity contribution in [1.29, 1.82) is 0 Å². The fourth-order valence-corrected chi connectivity index (χ4v) is 6.35. The molecule has 4 aromatic carbocycles. The first kappa shape index (κ1) is 32.2. The van der Waals surface area contributed by atoms with E-state index in [1.165, 1.54) is 54.0 Å². The normalized spacial score (nSPS) is 12.7. The minimum atomic E-state index is -0.344. The van der Waals surface area contributed by atoms with Gasteiger partial charge in [0.25, 0.3) is 0 Å². The average Bonchev–Trinajstić information content (AvgIpc) is 3.21. The Bertz CT molecular complexity index is 1330. The minimum absolute atomic E-state index is 0. The maximum absolute atomic E-state index is 2.47. The van der Waals surface area contributed by atoms with Crippen LogP contribution in [0.15, 0.2) is 124 Å². The Morgan fingerprint density at radius 3 is 1.47 bits per heavy atom. The number of hydrogen-bond acceptors (Lipinski definition) is 0. The van der Waals surface area contributed by atoms with Crippen molar-refractivity contribution in [3.05, 3.63) is 163 Å². The molecule has 0 saturated carbocycles. The molecule has 0 nitrogen and oxygen atoms in total. The Kier molecular flexibility index (Phi) is 11.7. The number of rotatable bonds is 6. The molecule has 1 aliphatic carbocycles. The molecular weight excluding hydrogens is 563 g/mol. The van der Waals surface area contributed by atoms with Gasteiger partial charge in [0.2, 0.25) is 0 Å². The molecule has 4 aromatic rings. The van der Waals surface area contributed by atoms with Gasteiger partial charge in [0.1, 0.15) is 0 Å². The zero-order chi connectivity index (χ0) is 24.4. The third kappa shape index (κ3) is 6.22. The molecule has 38 heavy (non-hydrogen) atoms. The van der Waals surface area contributed by atoms with E-state index in [1.54, 1.807) is 0 Å². The van der Waals surface area contributed by atoms with Gasteiger partial charge >= 0.3 is 223 Å². The van der Waals surface area contributed by atoms with Gasteiger partial charge in [-0.15, -0.1) is 0 Å². The van der Waals surface area contributed by atoms with Crippen LogP contribution < -0.4 is 37.2 Å². The van der Waals surface area contributed by atoms with E-state index in [-0.39, 0.29) is 42.6 Å². The van der Waals surface area contributed by atoms with E-state index in [9.17, 15) is 0 Å². The molecule has 192 valence electrons. The molecular formula is C34H31Cl3Ti. The van der Waals surface area contributed by atoms with Gasteiger partial charge in [0, 0.05) is 0 Å². The van der Waals surface area contributed by atoms with E-state index in [2.05, 4.69) is 150 Å². The van der Waals surface area contributed by atoms with Crippen LogP contribution in [0, 0.1) is 20.8 Å². The number of halogens is 3. The summed E-state index contributed by atoms with van der Waals surface area (Å²) in [7, 11) is 0. The monoisotopic (exact) mass is 592 g/mol. The van der Waals surface area contributed by atoms with Gasteiger partial charge in [-0.3, -0.25) is 0 Å². The minimum Gasteiger partial charge on any atom is -1.00 e. The molecule has 0 unspecified atom stereocenters. The maximum Gasteiger partial charge on any atom is -1.00 e. The maximum atomic E-state index is 2.47. The van der Waals surface area contributed by atoms with Gasteiger partial charge in [-0.25, -0.2) is 0 Å². The summed E-state index contributed by atoms with van der Waals surface area (Å²) in [6, 6.07) is 38.3. The Morgan fingerprint density at radius 2 is 1.05 bits per heavy atom. The van der Waals surface area contributed by atoms with E-state index in [1.807, 2.05) is 0 Å². The van der Waals surface area contributed by atoms with Crippen molar-refractivity contribution in [3.63, 3.8) is 0 Å². The smallest absolute Gasteiger partial charge is 1.00 e. The van der Waals surface area contributed by atoms with Crippen molar-refractivity contribution in [2.24, 2.45) is 0 Å². The van der Waals surface area contributed by atoms with Crippen molar-refractivity contribution in [3.8, 4) is 0 Å². The summed E-state index contributed by atoms with van der Waals surface area (Å²) in [6.07, 6.45) is 4.40. The third-order valence-electron chi connectivity index (χ3n) is 7.22. The fourth-order valence-electron chi connectivity index (χ4n) is 5.60. The molecule has 0 atom stereocenters. The van der Waals surface area contributed by atoms with Crippen molar-refractivity contribution >= 4 is 0 Å². The van der Waals surface area contributed by atoms with Crippen LogP contribution in [0.25, 0.3) is 0 Å². The second-order valence-corrected chi connectivity index (χ2v) is 10.6. The Morgan fingerprint density at radius 1 is 0.605 bits per heavy atom. The van der Waals surface area contributed by atoms with Gasteiger partial charge in [-0.1, -0.05) is 0 Å². The zero-order valence-corrected chi connectivity index (χ0v) is 25.8. The largest absolute Gasteiger partial charge is 1.00 e. The van der Waals surface area contributed by atoms with Crippen molar-refractivity contribution < 1.29 is 57.7 Å². The number of hydrogen-bond donors (Lipinski definition) is 0. The Hall–Kier alpha value is -2.06. The summed E-state index contributed by atoms with van der Waals surface area (Å²) in [5.41, 5.74) is 11.9. The fraction of sp³-hybridized carbons (Fsp3) is 0.176. The van der Waals surface area contributed by atoms with Crippen molar-refractivity contribution in [2.75, 3.05) is 0 Å². The molecule has 0 radical (unpaired) electrons. The van der Waals surface area contributed by atoms with Crippen LogP contribution in [0.3, 0.4) is 0 Å². The Labute approximate surface area is 258 Å². The van der Waals surface area contributed by atoms with Gasteiger partial charge in [-0.05, 0) is 0 Å². The van der Waals surface area contributed by atoms with Crippen LogP contribution in [0.2, 0.25) is 0 Å². The van der Waals surface area contributed by atoms with Gasteiger partial charge in [-0.2, -0.15) is 0 Å². The molecule has 1 aliphatic rings. The van der Waals surface area contributed by atoms with E-state index in [4.69, 9.17) is 0 Å². The van der Waals surface area contributed by atoms with Gasteiger partial charge in [0.05, 0.1) is 0 Å². The topological polar surface area (TPSA) is 0 Å². The molecule has 0 amide bonds. The molecule has 0 saturated heterocycles. The molecule has 0 aromatic heterocycles. The summed E-state index contributed by atoms with van der Waals surface area (Å²) in [6.45, 7) is 6.61. The van der Waals surface area contributed by atoms with E-state index < -0.39 is 0 Å². The van der Waals surface area contributed by atoms with Crippen LogP contribution >= 0.6 is 0 Å². The summed E-state index contributed by atoms with van der Waals surface area (Å²) in [4.78, 5) is 0. The second kappa shape index (κ2) is 13.8. The quantitative estimate of drug-likeness (QED) is 0.206. The number of allylic oxidation sites excluding steroid dienone is 4. The van der Waals surface area contributed by atoms with Crippen molar-refractivity contribution in [2.45, 2.75) is 39.0 Å². The zero-order valence-electron chi connectivity index (χ0n) is 21.9. The number of aryl methyl sites for hydroxylation is 3. The Balaban J connectivity index is 0.00000169. The predicted molar refractivity (Wildman–Crippen MR) is 143 cm³/mol. The molecule has 4 heteroatoms. The summed E-state index contributed by atoms with van der Waals surface area (Å²) in [5.74, 6) is 0. The van der Waals surface area contributed by atoms with Gasteiger partial charge < -0.3 is 37.2 Å².